The molecule has 0 spiro atoms. The van der Waals surface area contributed by atoms with Gasteiger partial charge in [0.25, 0.3) is 0 Å². The summed E-state index contributed by atoms with van der Waals surface area (Å²) in [5, 5.41) is 18.2. The summed E-state index contributed by atoms with van der Waals surface area (Å²) in [6.45, 7) is 8.31. The van der Waals surface area contributed by atoms with Crippen molar-refractivity contribution in [3.63, 3.8) is 0 Å². The third kappa shape index (κ3) is 7.55. The van der Waals surface area contributed by atoms with Crippen molar-refractivity contribution in [1.29, 1.82) is 0 Å². The zero-order valence-corrected chi connectivity index (χ0v) is 7.01. The van der Waals surface area contributed by atoms with E-state index in [9.17, 15) is 0 Å². The molecule has 0 heterocycles. The van der Waals surface area contributed by atoms with Gasteiger partial charge in [-0.3, -0.25) is 0 Å². The van der Waals surface area contributed by atoms with Crippen LogP contribution in [0.1, 0.15) is 27.7 Å². The van der Waals surface area contributed by atoms with Crippen LogP contribution in [0.4, 0.5) is 0 Å². The van der Waals surface area contributed by atoms with Crippen LogP contribution in [-0.4, -0.2) is 36.6 Å². The highest BCUT2D eigenvalue weighted by Crippen LogP contribution is 2.19. The molecule has 0 unspecified atom stereocenters. The molecule has 4 heteroatoms. The predicted molar refractivity (Wildman–Crippen MR) is 49.7 cm³/mol. The summed E-state index contributed by atoms with van der Waals surface area (Å²) in [5.74, 6) is 0. The minimum atomic E-state index is -1.01. The fourth-order valence-corrected chi connectivity index (χ4v) is 0. The second kappa shape index (κ2) is 5.32. The fourth-order valence-electron chi connectivity index (χ4n) is 0. The molecule has 0 amide bonds. The average molecular weight is 162 g/mol. The molecule has 0 aromatic rings. The van der Waals surface area contributed by atoms with Gasteiger partial charge in [-0.25, -0.2) is 0 Å². The zero-order chi connectivity index (χ0) is 9.00. The Morgan fingerprint density at radius 1 is 0.909 bits per heavy atom. The molecule has 0 aliphatic heterocycles. The predicted octanol–water partition coefficient (Wildman–Crippen LogP) is -0.841. The van der Waals surface area contributed by atoms with Gasteiger partial charge >= 0.3 is 0 Å². The molecule has 0 aliphatic carbocycles. The standard InChI is InChI=1S/C6H14O2.CH2O.BH3/c1-5(2,7)6(3,4)8;1-2;/h7-8H,1-4H3;1H2;1H3. The quantitative estimate of drug-likeness (QED) is 0.494. The summed E-state index contributed by atoms with van der Waals surface area (Å²) in [5.41, 5.74) is -2.01. The van der Waals surface area contributed by atoms with Crippen LogP contribution >= 0.6 is 0 Å². The molecule has 68 valence electrons. The van der Waals surface area contributed by atoms with E-state index in [1.807, 2.05) is 6.79 Å². The summed E-state index contributed by atoms with van der Waals surface area (Å²) >= 11 is 0. The lowest BCUT2D eigenvalue weighted by Crippen LogP contribution is -2.44. The number of aliphatic hydroxyl groups is 2. The summed E-state index contributed by atoms with van der Waals surface area (Å²) in [7, 11) is 0. The zero-order valence-electron chi connectivity index (χ0n) is 7.01. The lowest BCUT2D eigenvalue weighted by molar-refractivity contribution is -0.107. The van der Waals surface area contributed by atoms with E-state index in [1.54, 1.807) is 27.7 Å². The highest BCUT2D eigenvalue weighted by Gasteiger charge is 2.31. The molecule has 0 fully saturated rings. The summed E-state index contributed by atoms with van der Waals surface area (Å²) < 4.78 is 0. The molecule has 3 nitrogen and oxygen atoms in total. The molecular weight excluding hydrogens is 143 g/mol. The van der Waals surface area contributed by atoms with Crippen molar-refractivity contribution in [1.82, 2.24) is 0 Å². The molecule has 0 saturated heterocycles. The Hall–Kier alpha value is -0.345. The molecule has 0 rings (SSSR count). The van der Waals surface area contributed by atoms with Gasteiger partial charge in [0.05, 0.1) is 19.6 Å². The number of hydrogen-bond acceptors (Lipinski definition) is 3. The maximum atomic E-state index is 9.10. The first-order valence-electron chi connectivity index (χ1n) is 2.99. The molecule has 2 N–H and O–H groups in total. The Kier molecular flexibility index (Phi) is 8.20. The molecule has 11 heavy (non-hydrogen) atoms. The average Bonchev–Trinajstić information content (AvgIpc) is 1.66. The Bertz CT molecular complexity index is 78.8. The van der Waals surface area contributed by atoms with Crippen LogP contribution in [0.2, 0.25) is 0 Å². The van der Waals surface area contributed by atoms with E-state index in [0.29, 0.717) is 0 Å². The van der Waals surface area contributed by atoms with Crippen molar-refractivity contribution < 1.29 is 15.0 Å². The van der Waals surface area contributed by atoms with Gasteiger partial charge in [-0.15, -0.1) is 0 Å². The maximum Gasteiger partial charge on any atom is 0.106 e. The first-order valence-corrected chi connectivity index (χ1v) is 2.99. The molecule has 0 radical (unpaired) electrons. The SMILES string of the molecule is B.C=O.CC(C)(O)C(C)(C)O. The van der Waals surface area contributed by atoms with Gasteiger partial charge in [0, 0.05) is 0 Å². The molecule has 0 aromatic carbocycles. The number of carbonyl (C=O) groups is 1. The van der Waals surface area contributed by atoms with Crippen LogP contribution in [0.25, 0.3) is 0 Å². The van der Waals surface area contributed by atoms with Crippen molar-refractivity contribution in [3.8, 4) is 0 Å². The summed E-state index contributed by atoms with van der Waals surface area (Å²) in [6, 6.07) is 0. The van der Waals surface area contributed by atoms with E-state index >= 15 is 0 Å². The largest absolute Gasteiger partial charge is 0.387 e. The molecule has 0 bridgehead atoms. The Labute approximate surface area is 70.0 Å². The minimum absolute atomic E-state index is 0. The van der Waals surface area contributed by atoms with E-state index in [2.05, 4.69) is 0 Å². The monoisotopic (exact) mass is 162 g/mol. The Morgan fingerprint density at radius 2 is 1.00 bits per heavy atom. The Balaban J connectivity index is -0.000000196. The van der Waals surface area contributed by atoms with Gasteiger partial charge in [0.2, 0.25) is 0 Å². The third-order valence-corrected chi connectivity index (χ3v) is 1.50. The van der Waals surface area contributed by atoms with E-state index in [-0.39, 0.29) is 8.41 Å². The number of hydrogen-bond donors (Lipinski definition) is 2. The number of carbonyl (C=O) groups excluding carboxylic acids is 1. The van der Waals surface area contributed by atoms with Crippen molar-refractivity contribution in [2.75, 3.05) is 0 Å². The van der Waals surface area contributed by atoms with Gasteiger partial charge in [-0.1, -0.05) is 0 Å². The number of rotatable bonds is 1. The van der Waals surface area contributed by atoms with Crippen LogP contribution in [0.15, 0.2) is 0 Å². The highest BCUT2D eigenvalue weighted by molar-refractivity contribution is 5.75. The first kappa shape index (κ1) is 16.9. The first-order chi connectivity index (χ1) is 4.25. The van der Waals surface area contributed by atoms with E-state index in [4.69, 9.17) is 15.0 Å². The molecule has 0 aromatic heterocycles. The maximum absolute atomic E-state index is 9.10. The van der Waals surface area contributed by atoms with Crippen molar-refractivity contribution in [2.45, 2.75) is 38.9 Å². The normalized spacial score (nSPS) is 10.7. The van der Waals surface area contributed by atoms with E-state index in [1.165, 1.54) is 0 Å². The minimum Gasteiger partial charge on any atom is -0.387 e. The van der Waals surface area contributed by atoms with Crippen LogP contribution in [0.5, 0.6) is 0 Å². The third-order valence-electron chi connectivity index (χ3n) is 1.50. The molecule has 0 aliphatic rings. The van der Waals surface area contributed by atoms with Crippen molar-refractivity contribution >= 4 is 15.2 Å². The highest BCUT2D eigenvalue weighted by atomic mass is 16.3. The summed E-state index contributed by atoms with van der Waals surface area (Å²) in [4.78, 5) is 8.00. The van der Waals surface area contributed by atoms with E-state index in [0.717, 1.165) is 0 Å². The second-order valence-corrected chi connectivity index (χ2v) is 3.12. The lowest BCUT2D eigenvalue weighted by atomic mass is 9.90. The van der Waals surface area contributed by atoms with Gasteiger partial charge in [0.15, 0.2) is 0 Å². The summed E-state index contributed by atoms with van der Waals surface area (Å²) in [6.07, 6.45) is 0. The second-order valence-electron chi connectivity index (χ2n) is 3.12. The van der Waals surface area contributed by atoms with Gasteiger partial charge in [0.1, 0.15) is 6.79 Å². The fraction of sp³-hybridized carbons (Fsp3) is 0.857. The molecule has 0 saturated carbocycles. The smallest absolute Gasteiger partial charge is 0.106 e. The van der Waals surface area contributed by atoms with Gasteiger partial charge < -0.3 is 15.0 Å². The topological polar surface area (TPSA) is 57.5 Å². The van der Waals surface area contributed by atoms with Gasteiger partial charge in [-0.2, -0.15) is 0 Å². The Morgan fingerprint density at radius 3 is 1.00 bits per heavy atom. The van der Waals surface area contributed by atoms with Gasteiger partial charge in [-0.05, 0) is 27.7 Å². The van der Waals surface area contributed by atoms with Crippen LogP contribution in [0.3, 0.4) is 0 Å². The van der Waals surface area contributed by atoms with Crippen LogP contribution in [-0.2, 0) is 4.79 Å². The van der Waals surface area contributed by atoms with Crippen molar-refractivity contribution in [2.24, 2.45) is 0 Å². The van der Waals surface area contributed by atoms with Crippen molar-refractivity contribution in [3.05, 3.63) is 0 Å². The molecule has 0 atom stereocenters. The van der Waals surface area contributed by atoms with Crippen LogP contribution in [0, 0.1) is 0 Å². The molecular formula is C7H19BO3. The van der Waals surface area contributed by atoms with E-state index < -0.39 is 11.2 Å². The lowest BCUT2D eigenvalue weighted by Gasteiger charge is -2.31. The van der Waals surface area contributed by atoms with Crippen LogP contribution < -0.4 is 0 Å².